The molecule has 2 aromatic carbocycles. The molecule has 0 aliphatic carbocycles. The van der Waals surface area contributed by atoms with Crippen LogP contribution in [-0.4, -0.2) is 23.9 Å². The van der Waals surface area contributed by atoms with Crippen LogP contribution in [0, 0.1) is 0 Å². The van der Waals surface area contributed by atoms with Gasteiger partial charge in [0.05, 0.1) is 10.6 Å². The highest BCUT2D eigenvalue weighted by molar-refractivity contribution is 7.90. The van der Waals surface area contributed by atoms with E-state index in [1.165, 1.54) is 30.3 Å². The van der Waals surface area contributed by atoms with Crippen LogP contribution < -0.4 is 4.72 Å². The summed E-state index contributed by atoms with van der Waals surface area (Å²) in [6.45, 7) is 0. The third-order valence-electron chi connectivity index (χ3n) is 3.68. The molecule has 0 saturated carbocycles. The van der Waals surface area contributed by atoms with Gasteiger partial charge in [0.25, 0.3) is 15.9 Å². The SMILES string of the molecule is O=C(NS(=O)(=O)c1ccccc1Cl)c1cn(-c2cc(Cl)cc(C(F)(F)F)c2)cn1. The predicted molar refractivity (Wildman–Crippen MR) is 99.7 cm³/mol. The van der Waals surface area contributed by atoms with Crippen molar-refractivity contribution in [2.45, 2.75) is 11.1 Å². The molecule has 0 saturated heterocycles. The Labute approximate surface area is 172 Å². The number of amides is 1. The Bertz CT molecular complexity index is 1190. The van der Waals surface area contributed by atoms with Crippen LogP contribution in [0.2, 0.25) is 10.0 Å². The van der Waals surface area contributed by atoms with Gasteiger partial charge >= 0.3 is 6.18 Å². The lowest BCUT2D eigenvalue weighted by atomic mass is 10.2. The fourth-order valence-corrected chi connectivity index (χ4v) is 4.07. The van der Waals surface area contributed by atoms with E-state index in [-0.39, 0.29) is 26.3 Å². The average Bonchev–Trinajstić information content (AvgIpc) is 3.10. The number of carbonyl (C=O) groups excluding carboxylic acids is 1. The standard InChI is InChI=1S/C17H10Cl2F3N3O3S/c18-11-5-10(17(20,21)22)6-12(7-11)25-8-14(23-9-25)16(26)24-29(27,28)15-4-2-1-3-13(15)19/h1-9H,(H,24,26). The Morgan fingerprint density at radius 1 is 1.10 bits per heavy atom. The number of carbonyl (C=O) groups is 1. The van der Waals surface area contributed by atoms with Gasteiger partial charge in [-0.3, -0.25) is 4.79 Å². The molecule has 152 valence electrons. The normalized spacial score (nSPS) is 12.0. The van der Waals surface area contributed by atoms with Gasteiger partial charge < -0.3 is 4.57 Å². The van der Waals surface area contributed by atoms with Crippen molar-refractivity contribution in [1.82, 2.24) is 14.3 Å². The van der Waals surface area contributed by atoms with E-state index in [0.29, 0.717) is 0 Å². The summed E-state index contributed by atoms with van der Waals surface area (Å²) >= 11 is 11.6. The van der Waals surface area contributed by atoms with Crippen LogP contribution in [0.4, 0.5) is 13.2 Å². The summed E-state index contributed by atoms with van der Waals surface area (Å²) in [7, 11) is -4.28. The van der Waals surface area contributed by atoms with Crippen LogP contribution in [0.3, 0.4) is 0 Å². The van der Waals surface area contributed by atoms with Crippen molar-refractivity contribution >= 4 is 39.1 Å². The van der Waals surface area contributed by atoms with Crippen LogP contribution in [-0.2, 0) is 16.2 Å². The van der Waals surface area contributed by atoms with Gasteiger partial charge in [0.2, 0.25) is 0 Å². The quantitative estimate of drug-likeness (QED) is 0.624. The summed E-state index contributed by atoms with van der Waals surface area (Å²) in [5.74, 6) is -1.08. The van der Waals surface area contributed by atoms with E-state index < -0.39 is 27.7 Å². The molecule has 0 bridgehead atoms. The van der Waals surface area contributed by atoms with E-state index in [9.17, 15) is 26.4 Å². The Kier molecular flexibility index (Phi) is 5.61. The molecule has 0 aliphatic rings. The number of hydrogen-bond donors (Lipinski definition) is 1. The third kappa shape index (κ3) is 4.72. The van der Waals surface area contributed by atoms with Crippen molar-refractivity contribution < 1.29 is 26.4 Å². The Morgan fingerprint density at radius 2 is 1.79 bits per heavy atom. The fraction of sp³-hybridized carbons (Fsp3) is 0.0588. The number of hydrogen-bond acceptors (Lipinski definition) is 4. The first kappa shape index (κ1) is 21.2. The van der Waals surface area contributed by atoms with Gasteiger partial charge in [0.15, 0.2) is 0 Å². The highest BCUT2D eigenvalue weighted by atomic mass is 35.5. The second kappa shape index (κ2) is 7.69. The zero-order valence-corrected chi connectivity index (χ0v) is 16.4. The smallest absolute Gasteiger partial charge is 0.305 e. The maximum absolute atomic E-state index is 13.0. The summed E-state index contributed by atoms with van der Waals surface area (Å²) in [5.41, 5.74) is -1.33. The maximum Gasteiger partial charge on any atom is 0.416 e. The van der Waals surface area contributed by atoms with E-state index in [1.807, 2.05) is 4.72 Å². The minimum Gasteiger partial charge on any atom is -0.305 e. The summed E-state index contributed by atoms with van der Waals surface area (Å²) in [4.78, 5) is 15.7. The van der Waals surface area contributed by atoms with Crippen molar-refractivity contribution in [3.63, 3.8) is 0 Å². The maximum atomic E-state index is 13.0. The lowest BCUT2D eigenvalue weighted by Gasteiger charge is -2.10. The Balaban J connectivity index is 1.88. The molecule has 12 heteroatoms. The van der Waals surface area contributed by atoms with Gasteiger partial charge in [-0.15, -0.1) is 0 Å². The second-order valence-electron chi connectivity index (χ2n) is 5.73. The highest BCUT2D eigenvalue weighted by Gasteiger charge is 2.31. The largest absolute Gasteiger partial charge is 0.416 e. The number of nitrogens with one attached hydrogen (secondary N) is 1. The molecule has 1 heterocycles. The van der Waals surface area contributed by atoms with E-state index in [0.717, 1.165) is 29.2 Å². The summed E-state index contributed by atoms with van der Waals surface area (Å²) < 4.78 is 66.4. The number of benzene rings is 2. The van der Waals surface area contributed by atoms with Gasteiger partial charge in [0.1, 0.15) is 16.9 Å². The van der Waals surface area contributed by atoms with Crippen LogP contribution >= 0.6 is 23.2 Å². The number of sulfonamides is 1. The molecule has 1 aromatic heterocycles. The Morgan fingerprint density at radius 3 is 2.45 bits per heavy atom. The molecule has 0 radical (unpaired) electrons. The van der Waals surface area contributed by atoms with Gasteiger partial charge in [-0.05, 0) is 30.3 Å². The molecule has 3 aromatic rings. The molecule has 29 heavy (non-hydrogen) atoms. The first-order valence-corrected chi connectivity index (χ1v) is 9.95. The lowest BCUT2D eigenvalue weighted by Crippen LogP contribution is -2.31. The molecule has 0 aliphatic heterocycles. The molecular formula is C17H10Cl2F3N3O3S. The van der Waals surface area contributed by atoms with Gasteiger partial charge in [0, 0.05) is 16.9 Å². The first-order chi connectivity index (χ1) is 13.5. The molecule has 0 unspecified atom stereocenters. The predicted octanol–water partition coefficient (Wildman–Crippen LogP) is 4.32. The molecule has 0 spiro atoms. The van der Waals surface area contributed by atoms with Crippen molar-refractivity contribution in [2.24, 2.45) is 0 Å². The lowest BCUT2D eigenvalue weighted by molar-refractivity contribution is -0.137. The molecule has 1 N–H and O–H groups in total. The van der Waals surface area contributed by atoms with Crippen LogP contribution in [0.25, 0.3) is 5.69 Å². The molecule has 0 atom stereocenters. The number of nitrogens with zero attached hydrogens (tertiary/aromatic N) is 2. The van der Waals surface area contributed by atoms with Crippen LogP contribution in [0.5, 0.6) is 0 Å². The minimum atomic E-state index is -4.62. The molecule has 3 rings (SSSR count). The van der Waals surface area contributed by atoms with E-state index >= 15 is 0 Å². The second-order valence-corrected chi connectivity index (χ2v) is 8.22. The first-order valence-electron chi connectivity index (χ1n) is 7.71. The minimum absolute atomic E-state index is 0.00895. The fourth-order valence-electron chi connectivity index (χ4n) is 2.36. The number of aromatic nitrogens is 2. The van der Waals surface area contributed by atoms with E-state index in [4.69, 9.17) is 23.2 Å². The van der Waals surface area contributed by atoms with Gasteiger partial charge in [-0.1, -0.05) is 35.3 Å². The molecule has 0 fully saturated rings. The Hall–Kier alpha value is -2.56. The number of halogens is 5. The molecular weight excluding hydrogens is 454 g/mol. The van der Waals surface area contributed by atoms with Crippen molar-refractivity contribution in [3.8, 4) is 5.69 Å². The number of alkyl halides is 3. The van der Waals surface area contributed by atoms with Crippen molar-refractivity contribution in [1.29, 1.82) is 0 Å². The molecule has 1 amide bonds. The van der Waals surface area contributed by atoms with Crippen molar-refractivity contribution in [3.05, 3.63) is 76.3 Å². The van der Waals surface area contributed by atoms with Gasteiger partial charge in [-0.2, -0.15) is 13.2 Å². The van der Waals surface area contributed by atoms with Crippen LogP contribution in [0.15, 0.2) is 59.9 Å². The molecule has 6 nitrogen and oxygen atoms in total. The van der Waals surface area contributed by atoms with Gasteiger partial charge in [-0.25, -0.2) is 18.1 Å². The highest BCUT2D eigenvalue weighted by Crippen LogP contribution is 2.32. The number of rotatable bonds is 4. The van der Waals surface area contributed by atoms with Crippen LogP contribution in [0.1, 0.15) is 16.1 Å². The zero-order valence-electron chi connectivity index (χ0n) is 14.1. The summed E-state index contributed by atoms with van der Waals surface area (Å²) in [5, 5.41) is -0.257. The summed E-state index contributed by atoms with van der Waals surface area (Å²) in [6.07, 6.45) is -2.49. The van der Waals surface area contributed by atoms with Crippen molar-refractivity contribution in [2.75, 3.05) is 0 Å². The average molecular weight is 464 g/mol. The topological polar surface area (TPSA) is 81.1 Å². The third-order valence-corrected chi connectivity index (χ3v) is 5.73. The monoisotopic (exact) mass is 463 g/mol. The van der Waals surface area contributed by atoms with E-state index in [2.05, 4.69) is 4.98 Å². The zero-order chi connectivity index (χ0) is 21.4. The van der Waals surface area contributed by atoms with E-state index in [1.54, 1.807) is 0 Å². The summed E-state index contributed by atoms with van der Waals surface area (Å²) in [6, 6.07) is 8.30. The number of imidazole rings is 1.